The fourth-order valence-electron chi connectivity index (χ4n) is 2.37. The first-order valence-electron chi connectivity index (χ1n) is 5.94. The average molecular weight is 302 g/mol. The number of pyridine rings is 1. The summed E-state index contributed by atoms with van der Waals surface area (Å²) in [6.07, 6.45) is 5.97. The highest BCUT2D eigenvalue weighted by Crippen LogP contribution is 2.45. The van der Waals surface area contributed by atoms with Crippen LogP contribution in [-0.4, -0.2) is 9.55 Å². The van der Waals surface area contributed by atoms with Gasteiger partial charge in [-0.2, -0.15) is 5.26 Å². The van der Waals surface area contributed by atoms with Gasteiger partial charge in [0.25, 0.3) is 0 Å². The van der Waals surface area contributed by atoms with Crippen LogP contribution in [0.25, 0.3) is 11.3 Å². The molecule has 0 radical (unpaired) electrons. The monoisotopic (exact) mass is 301 g/mol. The van der Waals surface area contributed by atoms with E-state index in [1.807, 2.05) is 19.1 Å². The standard InChI is InChI=1S/C14H12BrN3/c1-9-12(8-16)13(15)14(18(9)11-2-3-11)10-4-6-17-7-5-10/h4-7,11H,2-3H2,1H3. The second-order valence-electron chi connectivity index (χ2n) is 4.57. The van der Waals surface area contributed by atoms with E-state index in [2.05, 4.69) is 31.6 Å². The van der Waals surface area contributed by atoms with Gasteiger partial charge in [-0.3, -0.25) is 4.98 Å². The number of halogens is 1. The van der Waals surface area contributed by atoms with E-state index < -0.39 is 0 Å². The predicted octanol–water partition coefficient (Wildman–Crippen LogP) is 3.83. The van der Waals surface area contributed by atoms with Crippen molar-refractivity contribution < 1.29 is 0 Å². The molecule has 2 aromatic rings. The summed E-state index contributed by atoms with van der Waals surface area (Å²) in [5.41, 5.74) is 4.01. The zero-order valence-corrected chi connectivity index (χ0v) is 11.6. The first-order chi connectivity index (χ1) is 8.74. The van der Waals surface area contributed by atoms with Gasteiger partial charge in [0.15, 0.2) is 0 Å². The predicted molar refractivity (Wildman–Crippen MR) is 73.1 cm³/mol. The number of rotatable bonds is 2. The van der Waals surface area contributed by atoms with E-state index >= 15 is 0 Å². The smallest absolute Gasteiger partial charge is 0.102 e. The summed E-state index contributed by atoms with van der Waals surface area (Å²) in [5.74, 6) is 0. The molecule has 0 unspecified atom stereocenters. The fraction of sp³-hybridized carbons (Fsp3) is 0.286. The molecule has 1 saturated carbocycles. The third-order valence-corrected chi connectivity index (χ3v) is 4.14. The maximum Gasteiger partial charge on any atom is 0.102 e. The van der Waals surface area contributed by atoms with E-state index in [0.717, 1.165) is 27.0 Å². The Morgan fingerprint density at radius 3 is 2.61 bits per heavy atom. The van der Waals surface area contributed by atoms with E-state index in [0.29, 0.717) is 6.04 Å². The van der Waals surface area contributed by atoms with Crippen LogP contribution in [0.3, 0.4) is 0 Å². The molecule has 0 N–H and O–H groups in total. The normalized spacial score (nSPS) is 14.5. The highest BCUT2D eigenvalue weighted by molar-refractivity contribution is 9.10. The number of hydrogen-bond donors (Lipinski definition) is 0. The van der Waals surface area contributed by atoms with Crippen molar-refractivity contribution >= 4 is 15.9 Å². The molecule has 0 amide bonds. The number of hydrogen-bond acceptors (Lipinski definition) is 2. The molecule has 2 aromatic heterocycles. The minimum absolute atomic E-state index is 0.548. The van der Waals surface area contributed by atoms with Crippen molar-refractivity contribution in [1.29, 1.82) is 5.26 Å². The quantitative estimate of drug-likeness (QED) is 0.846. The highest BCUT2D eigenvalue weighted by Gasteiger charge is 2.31. The van der Waals surface area contributed by atoms with Crippen LogP contribution >= 0.6 is 15.9 Å². The van der Waals surface area contributed by atoms with Crippen LogP contribution < -0.4 is 0 Å². The maximum absolute atomic E-state index is 9.28. The maximum atomic E-state index is 9.28. The van der Waals surface area contributed by atoms with Crippen molar-refractivity contribution in [3.05, 3.63) is 40.3 Å². The Balaban J connectivity index is 2.28. The van der Waals surface area contributed by atoms with Crippen LogP contribution in [0.4, 0.5) is 0 Å². The summed E-state index contributed by atoms with van der Waals surface area (Å²) >= 11 is 3.58. The van der Waals surface area contributed by atoms with Crippen LogP contribution in [-0.2, 0) is 0 Å². The highest BCUT2D eigenvalue weighted by atomic mass is 79.9. The van der Waals surface area contributed by atoms with Crippen molar-refractivity contribution in [2.45, 2.75) is 25.8 Å². The van der Waals surface area contributed by atoms with Crippen molar-refractivity contribution in [2.24, 2.45) is 0 Å². The minimum Gasteiger partial charge on any atom is -0.340 e. The Morgan fingerprint density at radius 1 is 1.39 bits per heavy atom. The molecule has 1 aliphatic carbocycles. The van der Waals surface area contributed by atoms with Gasteiger partial charge in [-0.15, -0.1) is 0 Å². The van der Waals surface area contributed by atoms with Crippen molar-refractivity contribution in [3.8, 4) is 17.3 Å². The van der Waals surface area contributed by atoms with E-state index in [1.165, 1.54) is 12.8 Å². The molecule has 1 fully saturated rings. The van der Waals surface area contributed by atoms with Crippen LogP contribution in [0, 0.1) is 18.3 Å². The molecule has 4 heteroatoms. The summed E-state index contributed by atoms with van der Waals surface area (Å²) in [7, 11) is 0. The minimum atomic E-state index is 0.548. The van der Waals surface area contributed by atoms with Crippen molar-refractivity contribution in [2.75, 3.05) is 0 Å². The summed E-state index contributed by atoms with van der Waals surface area (Å²) < 4.78 is 3.19. The van der Waals surface area contributed by atoms with Gasteiger partial charge < -0.3 is 4.57 Å². The van der Waals surface area contributed by atoms with Crippen LogP contribution in [0.1, 0.15) is 30.1 Å². The van der Waals surface area contributed by atoms with Gasteiger partial charge in [0.05, 0.1) is 15.7 Å². The van der Waals surface area contributed by atoms with Gasteiger partial charge in [0.1, 0.15) is 6.07 Å². The summed E-state index contributed by atoms with van der Waals surface area (Å²) in [5, 5.41) is 9.28. The summed E-state index contributed by atoms with van der Waals surface area (Å²) in [6.45, 7) is 2.02. The van der Waals surface area contributed by atoms with Gasteiger partial charge in [-0.25, -0.2) is 0 Å². The van der Waals surface area contributed by atoms with Crippen molar-refractivity contribution in [3.63, 3.8) is 0 Å². The molecule has 0 saturated heterocycles. The Labute approximate surface area is 114 Å². The fourth-order valence-corrected chi connectivity index (χ4v) is 3.16. The Morgan fingerprint density at radius 2 is 2.06 bits per heavy atom. The lowest BCUT2D eigenvalue weighted by atomic mass is 10.2. The Hall–Kier alpha value is -1.60. The molecule has 0 spiro atoms. The van der Waals surface area contributed by atoms with Gasteiger partial charge in [0, 0.05) is 29.7 Å². The first-order valence-corrected chi connectivity index (χ1v) is 6.74. The molecule has 0 aromatic carbocycles. The lowest BCUT2D eigenvalue weighted by Gasteiger charge is -2.10. The molecule has 3 rings (SSSR count). The topological polar surface area (TPSA) is 41.6 Å². The molecule has 0 atom stereocenters. The van der Waals surface area contributed by atoms with Crippen LogP contribution in [0.2, 0.25) is 0 Å². The molecule has 2 heterocycles. The average Bonchev–Trinajstić information content (AvgIpc) is 3.18. The molecule has 1 aliphatic rings. The molecular weight excluding hydrogens is 290 g/mol. The van der Waals surface area contributed by atoms with Gasteiger partial charge >= 0.3 is 0 Å². The van der Waals surface area contributed by atoms with Crippen molar-refractivity contribution in [1.82, 2.24) is 9.55 Å². The lowest BCUT2D eigenvalue weighted by Crippen LogP contribution is -1.99. The first kappa shape index (κ1) is 11.5. The summed E-state index contributed by atoms with van der Waals surface area (Å²) in [6, 6.07) is 6.81. The number of nitrogens with zero attached hydrogens (tertiary/aromatic N) is 3. The van der Waals surface area contributed by atoms with E-state index in [-0.39, 0.29) is 0 Å². The molecule has 3 nitrogen and oxygen atoms in total. The Bertz CT molecular complexity index is 633. The Kier molecular flexibility index (Phi) is 2.71. The van der Waals surface area contributed by atoms with E-state index in [9.17, 15) is 5.26 Å². The third-order valence-electron chi connectivity index (χ3n) is 3.37. The molecule has 0 aliphatic heterocycles. The molecule has 90 valence electrons. The SMILES string of the molecule is Cc1c(C#N)c(Br)c(-c2ccncc2)n1C1CC1. The van der Waals surface area contributed by atoms with Gasteiger partial charge in [-0.05, 0) is 47.8 Å². The zero-order valence-electron chi connectivity index (χ0n) is 10.0. The third kappa shape index (κ3) is 1.67. The van der Waals surface area contributed by atoms with Gasteiger partial charge in [0.2, 0.25) is 0 Å². The number of aromatic nitrogens is 2. The van der Waals surface area contributed by atoms with E-state index in [1.54, 1.807) is 12.4 Å². The second-order valence-corrected chi connectivity index (χ2v) is 5.36. The van der Waals surface area contributed by atoms with E-state index in [4.69, 9.17) is 0 Å². The summed E-state index contributed by atoms with van der Waals surface area (Å²) in [4.78, 5) is 4.05. The molecule has 18 heavy (non-hydrogen) atoms. The lowest BCUT2D eigenvalue weighted by molar-refractivity contribution is 0.728. The largest absolute Gasteiger partial charge is 0.340 e. The van der Waals surface area contributed by atoms with Gasteiger partial charge in [-0.1, -0.05) is 0 Å². The van der Waals surface area contributed by atoms with Crippen LogP contribution in [0.15, 0.2) is 29.0 Å². The second kappa shape index (κ2) is 4.25. The zero-order chi connectivity index (χ0) is 12.7. The number of nitriles is 1. The molecular formula is C14H12BrN3. The van der Waals surface area contributed by atoms with Crippen LogP contribution in [0.5, 0.6) is 0 Å². The molecule has 0 bridgehead atoms.